The number of nitrogens with zero attached hydrogens (tertiary/aromatic N) is 2. The Hall–Kier alpha value is -1.04. The molecular weight excluding hydrogens is 152 g/mol. The fourth-order valence-electron chi connectivity index (χ4n) is 1.69. The van der Waals surface area contributed by atoms with Crippen molar-refractivity contribution in [1.82, 2.24) is 4.90 Å². The van der Waals surface area contributed by atoms with Crippen molar-refractivity contribution in [2.75, 3.05) is 13.6 Å². The molecule has 0 N–H and O–H groups in total. The number of rotatable bonds is 2. The van der Waals surface area contributed by atoms with Crippen molar-refractivity contribution >= 4 is 5.91 Å². The summed E-state index contributed by atoms with van der Waals surface area (Å²) in [5.74, 6) is 0.0239. The lowest BCUT2D eigenvalue weighted by Gasteiger charge is -2.13. The Kier molecular flexibility index (Phi) is 2.69. The van der Waals surface area contributed by atoms with Crippen LogP contribution in [-0.2, 0) is 4.79 Å². The van der Waals surface area contributed by atoms with Gasteiger partial charge in [-0.05, 0) is 12.8 Å². The molecule has 0 aliphatic carbocycles. The second-order valence-corrected chi connectivity index (χ2v) is 3.30. The van der Waals surface area contributed by atoms with Gasteiger partial charge in [-0.1, -0.05) is 6.92 Å². The summed E-state index contributed by atoms with van der Waals surface area (Å²) < 4.78 is 0. The van der Waals surface area contributed by atoms with Crippen LogP contribution in [0.4, 0.5) is 0 Å². The lowest BCUT2D eigenvalue weighted by atomic mass is 9.90. The first-order valence-electron chi connectivity index (χ1n) is 4.35. The molecule has 1 fully saturated rings. The van der Waals surface area contributed by atoms with Crippen LogP contribution >= 0.6 is 0 Å². The molecule has 1 saturated heterocycles. The van der Waals surface area contributed by atoms with E-state index in [0.29, 0.717) is 0 Å². The van der Waals surface area contributed by atoms with Crippen molar-refractivity contribution < 1.29 is 4.79 Å². The van der Waals surface area contributed by atoms with Gasteiger partial charge in [-0.2, -0.15) is 5.26 Å². The molecule has 0 aromatic carbocycles. The average molecular weight is 166 g/mol. The van der Waals surface area contributed by atoms with Crippen molar-refractivity contribution in [3.63, 3.8) is 0 Å². The first-order valence-corrected chi connectivity index (χ1v) is 4.35. The largest absolute Gasteiger partial charge is 0.345 e. The van der Waals surface area contributed by atoms with E-state index in [9.17, 15) is 4.79 Å². The number of hydrogen-bond acceptors (Lipinski definition) is 2. The minimum atomic E-state index is -0.0811. The molecule has 0 aromatic heterocycles. The molecule has 3 heteroatoms. The third-order valence-electron chi connectivity index (χ3n) is 2.56. The van der Waals surface area contributed by atoms with Gasteiger partial charge in [0.15, 0.2) is 0 Å². The van der Waals surface area contributed by atoms with E-state index in [2.05, 4.69) is 6.07 Å². The molecule has 1 aliphatic heterocycles. The van der Waals surface area contributed by atoms with Crippen molar-refractivity contribution in [3.8, 4) is 6.07 Å². The predicted molar refractivity (Wildman–Crippen MR) is 45.1 cm³/mol. The fourth-order valence-corrected chi connectivity index (χ4v) is 1.69. The molecule has 1 rings (SSSR count). The van der Waals surface area contributed by atoms with Crippen LogP contribution in [0.3, 0.4) is 0 Å². The molecule has 0 radical (unpaired) electrons. The minimum absolute atomic E-state index is 0.0370. The van der Waals surface area contributed by atoms with Crippen LogP contribution in [0.2, 0.25) is 0 Å². The van der Waals surface area contributed by atoms with Crippen molar-refractivity contribution in [3.05, 3.63) is 0 Å². The van der Waals surface area contributed by atoms with E-state index >= 15 is 0 Å². The summed E-state index contributed by atoms with van der Waals surface area (Å²) in [4.78, 5) is 13.2. The summed E-state index contributed by atoms with van der Waals surface area (Å²) in [6.07, 6.45) is 1.63. The number of hydrogen-bond donors (Lipinski definition) is 0. The average Bonchev–Trinajstić information content (AvgIpc) is 2.38. The highest BCUT2D eigenvalue weighted by Crippen LogP contribution is 2.26. The molecule has 12 heavy (non-hydrogen) atoms. The monoisotopic (exact) mass is 166 g/mol. The maximum absolute atomic E-state index is 11.4. The Morgan fingerprint density at radius 1 is 1.83 bits per heavy atom. The number of carbonyl (C=O) groups is 1. The lowest BCUT2D eigenvalue weighted by Crippen LogP contribution is -2.26. The maximum atomic E-state index is 11.4. The summed E-state index contributed by atoms with van der Waals surface area (Å²) >= 11 is 0. The Labute approximate surface area is 73.0 Å². The maximum Gasteiger partial charge on any atom is 0.226 e. The van der Waals surface area contributed by atoms with Gasteiger partial charge in [-0.3, -0.25) is 4.79 Å². The summed E-state index contributed by atoms with van der Waals surface area (Å²) in [6, 6.07) is 2.20. The van der Waals surface area contributed by atoms with Crippen LogP contribution in [0, 0.1) is 23.2 Å². The van der Waals surface area contributed by atoms with E-state index in [1.807, 2.05) is 6.92 Å². The zero-order valence-electron chi connectivity index (χ0n) is 7.58. The van der Waals surface area contributed by atoms with Gasteiger partial charge in [-0.15, -0.1) is 0 Å². The topological polar surface area (TPSA) is 44.1 Å². The highest BCUT2D eigenvalue weighted by molar-refractivity contribution is 5.81. The van der Waals surface area contributed by atoms with Crippen molar-refractivity contribution in [1.29, 1.82) is 5.26 Å². The number of nitriles is 1. The highest BCUT2D eigenvalue weighted by Gasteiger charge is 2.34. The molecule has 1 heterocycles. The molecule has 66 valence electrons. The van der Waals surface area contributed by atoms with Gasteiger partial charge >= 0.3 is 0 Å². The van der Waals surface area contributed by atoms with Crippen molar-refractivity contribution in [2.45, 2.75) is 19.8 Å². The van der Waals surface area contributed by atoms with Gasteiger partial charge in [0.25, 0.3) is 0 Å². The zero-order chi connectivity index (χ0) is 9.14. The molecule has 0 bridgehead atoms. The van der Waals surface area contributed by atoms with Crippen molar-refractivity contribution in [2.24, 2.45) is 11.8 Å². The lowest BCUT2D eigenvalue weighted by molar-refractivity contribution is -0.130. The smallest absolute Gasteiger partial charge is 0.226 e. The van der Waals surface area contributed by atoms with Crippen LogP contribution in [0.1, 0.15) is 19.8 Å². The number of carbonyl (C=O) groups excluding carboxylic acids is 1. The normalized spacial score (nSPS) is 25.6. The molecule has 2 atom stereocenters. The van der Waals surface area contributed by atoms with E-state index in [-0.39, 0.29) is 17.7 Å². The first-order chi connectivity index (χ1) is 5.70. The summed E-state index contributed by atoms with van der Waals surface area (Å²) in [5, 5.41) is 8.77. The molecule has 1 amide bonds. The van der Waals surface area contributed by atoms with Crippen LogP contribution in [-0.4, -0.2) is 24.4 Å². The second kappa shape index (κ2) is 3.57. The fraction of sp³-hybridized carbons (Fsp3) is 0.778. The Morgan fingerprint density at radius 2 is 2.50 bits per heavy atom. The number of amides is 1. The van der Waals surface area contributed by atoms with Crippen LogP contribution in [0.5, 0.6) is 0 Å². The quantitative estimate of drug-likeness (QED) is 0.614. The zero-order valence-corrected chi connectivity index (χ0v) is 7.58. The van der Waals surface area contributed by atoms with Gasteiger partial charge in [0, 0.05) is 13.6 Å². The third-order valence-corrected chi connectivity index (χ3v) is 2.56. The molecular formula is C9H14N2O. The predicted octanol–water partition coefficient (Wildman–Crippen LogP) is 1.01. The van der Waals surface area contributed by atoms with Gasteiger partial charge in [-0.25, -0.2) is 0 Å². The minimum Gasteiger partial charge on any atom is -0.345 e. The molecule has 0 aromatic rings. The van der Waals surface area contributed by atoms with E-state index in [1.54, 1.807) is 11.9 Å². The number of likely N-dealkylation sites (tertiary alicyclic amines) is 1. The SMILES string of the molecule is CCC(C#N)C1CCN(C)C1=O. The van der Waals surface area contributed by atoms with Gasteiger partial charge < -0.3 is 4.90 Å². The molecule has 3 nitrogen and oxygen atoms in total. The van der Waals surface area contributed by atoms with Gasteiger partial charge in [0.2, 0.25) is 5.91 Å². The van der Waals surface area contributed by atoms with E-state index < -0.39 is 0 Å². The summed E-state index contributed by atoms with van der Waals surface area (Å²) in [6.45, 7) is 2.77. The second-order valence-electron chi connectivity index (χ2n) is 3.30. The highest BCUT2D eigenvalue weighted by atomic mass is 16.2. The van der Waals surface area contributed by atoms with Crippen LogP contribution < -0.4 is 0 Å². The Balaban J connectivity index is 2.65. The molecule has 0 saturated carbocycles. The van der Waals surface area contributed by atoms with E-state index in [4.69, 9.17) is 5.26 Å². The molecule has 2 unspecified atom stereocenters. The third kappa shape index (κ3) is 1.42. The Morgan fingerprint density at radius 3 is 2.83 bits per heavy atom. The standard InChI is InChI=1S/C9H14N2O/c1-3-7(6-10)8-4-5-11(2)9(8)12/h7-8H,3-5H2,1-2H3. The van der Waals surface area contributed by atoms with Gasteiger partial charge in [0.1, 0.15) is 0 Å². The van der Waals surface area contributed by atoms with E-state index in [0.717, 1.165) is 19.4 Å². The van der Waals surface area contributed by atoms with Gasteiger partial charge in [0.05, 0.1) is 17.9 Å². The Bertz CT molecular complexity index is 219. The molecule has 1 aliphatic rings. The summed E-state index contributed by atoms with van der Waals surface area (Å²) in [7, 11) is 1.80. The molecule has 0 spiro atoms. The summed E-state index contributed by atoms with van der Waals surface area (Å²) in [5.41, 5.74) is 0. The first kappa shape index (κ1) is 9.05. The van der Waals surface area contributed by atoms with Crippen LogP contribution in [0.15, 0.2) is 0 Å². The van der Waals surface area contributed by atoms with Crippen LogP contribution in [0.25, 0.3) is 0 Å². The van der Waals surface area contributed by atoms with E-state index in [1.165, 1.54) is 0 Å².